The average Bonchev–Trinajstić information content (AvgIpc) is 2.32. The molecule has 0 aromatic heterocycles. The molecule has 96 valence electrons. The molecule has 1 atom stereocenters. The highest BCUT2D eigenvalue weighted by atomic mass is 19.4. The highest BCUT2D eigenvalue weighted by Crippen LogP contribution is 2.27. The van der Waals surface area contributed by atoms with Crippen LogP contribution in [-0.4, -0.2) is 12.2 Å². The third-order valence-electron chi connectivity index (χ3n) is 3.09. The number of halogens is 3. The Hall–Kier alpha value is -1.55. The van der Waals surface area contributed by atoms with E-state index < -0.39 is 12.2 Å². The highest BCUT2D eigenvalue weighted by Gasteiger charge is 2.36. The van der Waals surface area contributed by atoms with Crippen LogP contribution >= 0.6 is 0 Å². The fourth-order valence-electron chi connectivity index (χ4n) is 2.04. The minimum atomic E-state index is -4.36. The molecule has 0 heterocycles. The summed E-state index contributed by atoms with van der Waals surface area (Å²) < 4.78 is 37.5. The molecule has 18 heavy (non-hydrogen) atoms. The quantitative estimate of drug-likeness (QED) is 0.869. The van der Waals surface area contributed by atoms with Crippen LogP contribution in [0.2, 0.25) is 0 Å². The second kappa shape index (κ2) is 4.61. The van der Waals surface area contributed by atoms with Gasteiger partial charge in [-0.3, -0.25) is 0 Å². The van der Waals surface area contributed by atoms with Crippen LogP contribution in [-0.2, 0) is 6.42 Å². The monoisotopic (exact) mass is 253 g/mol. The van der Waals surface area contributed by atoms with Crippen LogP contribution in [0, 0.1) is 6.92 Å². The van der Waals surface area contributed by atoms with Crippen LogP contribution < -0.4 is 5.73 Å². The first-order chi connectivity index (χ1) is 8.39. The second-order valence-electron chi connectivity index (χ2n) is 4.44. The summed E-state index contributed by atoms with van der Waals surface area (Å²) in [5.74, 6) is 0. The molecule has 0 saturated heterocycles. The minimum absolute atomic E-state index is 0.190. The molecule has 1 nitrogen and oxygen atoms in total. The maximum Gasteiger partial charge on any atom is 0.403 e. The van der Waals surface area contributed by atoms with Crippen LogP contribution in [0.4, 0.5) is 13.2 Å². The molecule has 2 rings (SSSR count). The van der Waals surface area contributed by atoms with E-state index in [-0.39, 0.29) is 6.42 Å². The van der Waals surface area contributed by atoms with Crippen LogP contribution in [0.5, 0.6) is 0 Å². The van der Waals surface area contributed by atoms with Crippen molar-refractivity contribution in [3.63, 3.8) is 0 Å². The van der Waals surface area contributed by atoms with E-state index >= 15 is 0 Å². The van der Waals surface area contributed by atoms with Crippen molar-refractivity contribution in [1.29, 1.82) is 0 Å². The van der Waals surface area contributed by atoms with Gasteiger partial charge in [-0.1, -0.05) is 36.4 Å². The third-order valence-corrected chi connectivity index (χ3v) is 3.09. The number of fused-ring (bicyclic) bond motifs is 1. The zero-order valence-corrected chi connectivity index (χ0v) is 9.96. The number of alkyl halides is 3. The molecular weight excluding hydrogens is 239 g/mol. The number of benzene rings is 2. The van der Waals surface area contributed by atoms with Crippen molar-refractivity contribution in [1.82, 2.24) is 0 Å². The van der Waals surface area contributed by atoms with Crippen molar-refractivity contribution in [2.75, 3.05) is 0 Å². The normalized spacial score (nSPS) is 13.8. The van der Waals surface area contributed by atoms with Crippen LogP contribution in [0.1, 0.15) is 11.1 Å². The summed E-state index contributed by atoms with van der Waals surface area (Å²) in [6, 6.07) is 9.19. The summed E-state index contributed by atoms with van der Waals surface area (Å²) in [5, 5.41) is 1.82. The van der Waals surface area contributed by atoms with E-state index in [0.717, 1.165) is 16.3 Å². The molecule has 0 aliphatic rings. The van der Waals surface area contributed by atoms with Crippen molar-refractivity contribution in [3.8, 4) is 0 Å². The van der Waals surface area contributed by atoms with E-state index in [4.69, 9.17) is 5.73 Å². The van der Waals surface area contributed by atoms with Crippen LogP contribution in [0.3, 0.4) is 0 Å². The van der Waals surface area contributed by atoms with E-state index in [1.165, 1.54) is 0 Å². The summed E-state index contributed by atoms with van der Waals surface area (Å²) in [6.45, 7) is 1.94. The lowest BCUT2D eigenvalue weighted by Crippen LogP contribution is -2.39. The fourth-order valence-corrected chi connectivity index (χ4v) is 2.04. The van der Waals surface area contributed by atoms with Crippen molar-refractivity contribution >= 4 is 10.8 Å². The van der Waals surface area contributed by atoms with E-state index in [0.29, 0.717) is 5.56 Å². The Bertz CT molecular complexity index is 560. The summed E-state index contributed by atoms with van der Waals surface area (Å²) in [7, 11) is 0. The fraction of sp³-hybridized carbons (Fsp3) is 0.286. The van der Waals surface area contributed by atoms with Gasteiger partial charge in [-0.15, -0.1) is 0 Å². The van der Waals surface area contributed by atoms with E-state index in [9.17, 15) is 13.2 Å². The zero-order chi connectivity index (χ0) is 13.3. The van der Waals surface area contributed by atoms with Crippen LogP contribution in [0.25, 0.3) is 10.8 Å². The molecule has 2 aromatic carbocycles. The van der Waals surface area contributed by atoms with Crippen molar-refractivity contribution < 1.29 is 13.2 Å². The Morgan fingerprint density at radius 3 is 2.28 bits per heavy atom. The molecule has 0 saturated carbocycles. The van der Waals surface area contributed by atoms with Gasteiger partial charge < -0.3 is 5.73 Å². The number of aryl methyl sites for hydroxylation is 1. The molecule has 4 heteroatoms. The van der Waals surface area contributed by atoms with Gasteiger partial charge in [0.05, 0.1) is 0 Å². The predicted molar refractivity (Wildman–Crippen MR) is 66.4 cm³/mol. The highest BCUT2D eigenvalue weighted by molar-refractivity contribution is 5.88. The van der Waals surface area contributed by atoms with Crippen LogP contribution in [0.15, 0.2) is 36.4 Å². The number of hydrogen-bond acceptors (Lipinski definition) is 1. The lowest BCUT2D eigenvalue weighted by Gasteiger charge is -2.17. The summed E-state index contributed by atoms with van der Waals surface area (Å²) in [4.78, 5) is 0. The average molecular weight is 253 g/mol. The van der Waals surface area contributed by atoms with E-state index in [1.807, 2.05) is 37.3 Å². The lowest BCUT2D eigenvalue weighted by molar-refractivity contribution is -0.147. The van der Waals surface area contributed by atoms with Gasteiger partial charge in [0, 0.05) is 0 Å². The van der Waals surface area contributed by atoms with Gasteiger partial charge >= 0.3 is 6.18 Å². The Morgan fingerprint density at radius 2 is 1.67 bits per heavy atom. The van der Waals surface area contributed by atoms with Crippen molar-refractivity contribution in [2.45, 2.75) is 25.6 Å². The third kappa shape index (κ3) is 2.48. The second-order valence-corrected chi connectivity index (χ2v) is 4.44. The smallest absolute Gasteiger partial charge is 0.320 e. The molecule has 0 radical (unpaired) electrons. The van der Waals surface area contributed by atoms with Gasteiger partial charge in [0.25, 0.3) is 0 Å². The standard InChI is InChI=1S/C14H14F3N/c1-9-6-7-10(8-13(18)14(15,16)17)12-5-3-2-4-11(9)12/h2-7,13H,8,18H2,1H3. The van der Waals surface area contributed by atoms with E-state index in [2.05, 4.69) is 0 Å². The van der Waals surface area contributed by atoms with Crippen molar-refractivity contribution in [3.05, 3.63) is 47.5 Å². The molecule has 0 amide bonds. The molecule has 2 N–H and O–H groups in total. The maximum atomic E-state index is 12.5. The SMILES string of the molecule is Cc1ccc(CC(N)C(F)(F)F)c2ccccc12. The largest absolute Gasteiger partial charge is 0.403 e. The topological polar surface area (TPSA) is 26.0 Å². The summed E-state index contributed by atoms with van der Waals surface area (Å²) in [6.07, 6.45) is -4.55. The van der Waals surface area contributed by atoms with Crippen molar-refractivity contribution in [2.24, 2.45) is 5.73 Å². The summed E-state index contributed by atoms with van der Waals surface area (Å²) >= 11 is 0. The molecule has 0 aliphatic carbocycles. The van der Waals surface area contributed by atoms with Gasteiger partial charge in [0.2, 0.25) is 0 Å². The molecule has 0 bridgehead atoms. The van der Waals surface area contributed by atoms with Gasteiger partial charge in [-0.05, 0) is 35.2 Å². The van der Waals surface area contributed by atoms with E-state index in [1.54, 1.807) is 6.07 Å². The molecule has 0 spiro atoms. The first-order valence-electron chi connectivity index (χ1n) is 5.69. The first-order valence-corrected chi connectivity index (χ1v) is 5.69. The minimum Gasteiger partial charge on any atom is -0.320 e. The Labute approximate surface area is 103 Å². The Balaban J connectivity index is 2.44. The number of hydrogen-bond donors (Lipinski definition) is 1. The molecule has 0 fully saturated rings. The summed E-state index contributed by atoms with van der Waals surface area (Å²) in [5.41, 5.74) is 6.88. The number of rotatable bonds is 2. The Kier molecular flexibility index (Phi) is 3.30. The molecule has 1 unspecified atom stereocenters. The lowest BCUT2D eigenvalue weighted by atomic mass is 9.96. The zero-order valence-electron chi connectivity index (χ0n) is 9.96. The van der Waals surface area contributed by atoms with Gasteiger partial charge in [0.15, 0.2) is 0 Å². The maximum absolute atomic E-state index is 12.5. The van der Waals surface area contributed by atoms with Gasteiger partial charge in [-0.2, -0.15) is 13.2 Å². The Morgan fingerprint density at radius 1 is 1.06 bits per heavy atom. The van der Waals surface area contributed by atoms with Gasteiger partial charge in [0.1, 0.15) is 6.04 Å². The predicted octanol–water partition coefficient (Wildman–Crippen LogP) is 3.58. The van der Waals surface area contributed by atoms with Gasteiger partial charge in [-0.25, -0.2) is 0 Å². The molecule has 0 aliphatic heterocycles. The first kappa shape index (κ1) is 12.9. The molecular formula is C14H14F3N. The molecule has 2 aromatic rings. The number of nitrogens with two attached hydrogens (primary N) is 1.